The molecule has 0 atom stereocenters. The summed E-state index contributed by atoms with van der Waals surface area (Å²) in [6.07, 6.45) is 0. The zero-order chi connectivity index (χ0) is 37.3. The molecule has 30 heavy (non-hydrogen) atoms. The third-order valence-electron chi connectivity index (χ3n) is 4.69. The third kappa shape index (κ3) is 2.54. The van der Waals surface area contributed by atoms with Gasteiger partial charge >= 0.3 is 0 Å². The molecule has 0 aliphatic heterocycles. The van der Waals surface area contributed by atoms with Gasteiger partial charge in [0.05, 0.1) is 27.4 Å². The molecule has 0 amide bonds. The molecule has 6 aromatic carbocycles. The summed E-state index contributed by atoms with van der Waals surface area (Å²) < 4.78 is 173. The van der Waals surface area contributed by atoms with Crippen LogP contribution in [-0.4, -0.2) is 0 Å². The third-order valence-corrected chi connectivity index (χ3v) is 4.69. The molecular formula is C30H20. The van der Waals surface area contributed by atoms with Crippen LogP contribution in [0.25, 0.3) is 54.6 Å². The average molecular weight is 401 g/mol. The molecule has 0 radical (unpaired) electrons. The van der Waals surface area contributed by atoms with E-state index in [4.69, 9.17) is 27.4 Å². The van der Waals surface area contributed by atoms with E-state index in [1.165, 1.54) is 0 Å². The minimum atomic E-state index is -0.878. The summed E-state index contributed by atoms with van der Waals surface area (Å²) in [5, 5.41) is -3.43. The number of hydrogen-bond acceptors (Lipinski definition) is 0. The molecule has 0 unspecified atom stereocenters. The van der Waals surface area contributed by atoms with E-state index in [9.17, 15) is 0 Å². The molecule has 0 fully saturated rings. The van der Waals surface area contributed by atoms with Crippen molar-refractivity contribution < 1.29 is 27.4 Å². The predicted octanol–water partition coefficient (Wildman–Crippen LogP) is 8.48. The molecule has 6 rings (SSSR count). The Morgan fingerprint density at radius 2 is 0.833 bits per heavy atom. The molecule has 0 saturated heterocycles. The molecule has 0 saturated carbocycles. The van der Waals surface area contributed by atoms with Crippen LogP contribution < -0.4 is 0 Å². The van der Waals surface area contributed by atoms with E-state index in [0.717, 1.165) is 0 Å². The Bertz CT molecular complexity index is 2470. The van der Waals surface area contributed by atoms with E-state index in [0.29, 0.717) is 0 Å². The molecule has 0 bridgehead atoms. The van der Waals surface area contributed by atoms with Crippen molar-refractivity contribution in [1.29, 1.82) is 0 Å². The SMILES string of the molecule is [2H]c1c([2H])c([2H])c(-c2c3c([2H])c([2H])c([2H])c([2H])c3c(-c3c([2H])c([2H])c([2H])c4c([2H])c([2H])c([2H])c([2H])c34)c3c([2H])c([2H])c([2H])c([2H])c23)c([2H])c1[2H]. The van der Waals surface area contributed by atoms with Crippen LogP contribution in [0.2, 0.25) is 0 Å². The topological polar surface area (TPSA) is 0 Å². The highest BCUT2D eigenvalue weighted by molar-refractivity contribution is 6.23. The maximum Gasteiger partial charge on any atom is 0.0629 e. The molecule has 0 aliphatic carbocycles. The molecule has 0 nitrogen and oxygen atoms in total. The fourth-order valence-electron chi connectivity index (χ4n) is 3.50. The molecule has 0 N–H and O–H groups in total. The minimum Gasteiger partial charge on any atom is -0.0622 e. The Kier molecular flexibility index (Phi) is 1.44. The van der Waals surface area contributed by atoms with E-state index in [1.54, 1.807) is 0 Å². The Labute approximate surface area is 204 Å². The first-order valence-electron chi connectivity index (χ1n) is 18.8. The molecule has 0 spiro atoms. The van der Waals surface area contributed by atoms with Crippen molar-refractivity contribution in [2.24, 2.45) is 0 Å². The maximum absolute atomic E-state index is 9.07. The van der Waals surface area contributed by atoms with E-state index in [1.807, 2.05) is 0 Å². The van der Waals surface area contributed by atoms with Gasteiger partial charge in [-0.15, -0.1) is 0 Å². The first-order chi connectivity index (χ1) is 23.2. The quantitative estimate of drug-likeness (QED) is 0.256. The lowest BCUT2D eigenvalue weighted by molar-refractivity contribution is 1.66. The lowest BCUT2D eigenvalue weighted by Gasteiger charge is -2.18. The average Bonchev–Trinajstić information content (AvgIpc) is 3.09. The van der Waals surface area contributed by atoms with Crippen molar-refractivity contribution in [3.63, 3.8) is 0 Å². The van der Waals surface area contributed by atoms with Gasteiger partial charge in [-0.1, -0.05) is 121 Å². The monoisotopic (exact) mass is 400 g/mol. The van der Waals surface area contributed by atoms with E-state index in [-0.39, 0.29) is 0 Å². The van der Waals surface area contributed by atoms with Crippen LogP contribution in [0.15, 0.2) is 121 Å². The summed E-state index contributed by atoms with van der Waals surface area (Å²) >= 11 is 0. The highest BCUT2D eigenvalue weighted by atomic mass is 14.2. The van der Waals surface area contributed by atoms with Crippen LogP contribution in [0.4, 0.5) is 0 Å². The minimum absolute atomic E-state index is 0.537. The number of rotatable bonds is 2. The number of hydrogen-bond donors (Lipinski definition) is 0. The standard InChI is InChI=1S/C30H20/c1-2-12-22(13-3-1)29-25-16-6-8-18-27(25)30(28-19-9-7-17-26(28)29)24-20-10-14-21-11-4-5-15-23(21)24/h1-20H/i1D,2D,3D,4D,5D,6D,7D,8D,9D,10D,11D,12D,13D,14D,15D,16D,17D,18D,19D,20D. The first kappa shape index (κ1) is 6.30. The van der Waals surface area contributed by atoms with Crippen molar-refractivity contribution in [1.82, 2.24) is 0 Å². The molecular weight excluding hydrogens is 360 g/mol. The zero-order valence-corrected chi connectivity index (χ0v) is 15.0. The summed E-state index contributed by atoms with van der Waals surface area (Å²) in [6.45, 7) is 0. The van der Waals surface area contributed by atoms with Gasteiger partial charge in [0.25, 0.3) is 0 Å². The van der Waals surface area contributed by atoms with Gasteiger partial charge in [0.15, 0.2) is 0 Å². The highest BCUT2D eigenvalue weighted by Gasteiger charge is 2.17. The Balaban J connectivity index is 2.16. The van der Waals surface area contributed by atoms with Gasteiger partial charge in [0.2, 0.25) is 0 Å². The Morgan fingerprint density at radius 3 is 1.47 bits per heavy atom. The van der Waals surface area contributed by atoms with Crippen LogP contribution in [0.5, 0.6) is 0 Å². The van der Waals surface area contributed by atoms with Gasteiger partial charge in [-0.05, 0) is 54.6 Å². The highest BCUT2D eigenvalue weighted by Crippen LogP contribution is 2.44. The second-order valence-corrected chi connectivity index (χ2v) is 6.25. The van der Waals surface area contributed by atoms with Gasteiger partial charge in [-0.3, -0.25) is 0 Å². The van der Waals surface area contributed by atoms with Crippen molar-refractivity contribution in [3.05, 3.63) is 121 Å². The first-order valence-corrected chi connectivity index (χ1v) is 8.75. The largest absolute Gasteiger partial charge is 0.0629 e. The van der Waals surface area contributed by atoms with Crippen LogP contribution in [0.3, 0.4) is 0 Å². The zero-order valence-electron chi connectivity index (χ0n) is 35.0. The van der Waals surface area contributed by atoms with Crippen LogP contribution >= 0.6 is 0 Å². The normalized spacial score (nSPS) is 20.7. The Hall–Kier alpha value is -3.90. The molecule has 0 heteroatoms. The lowest BCUT2D eigenvalue weighted by atomic mass is 9.85. The fourth-order valence-corrected chi connectivity index (χ4v) is 3.50. The van der Waals surface area contributed by atoms with Crippen LogP contribution in [-0.2, 0) is 0 Å². The summed E-state index contributed by atoms with van der Waals surface area (Å²) in [4.78, 5) is 0. The summed E-state index contributed by atoms with van der Waals surface area (Å²) in [5.41, 5.74) is -2.41. The van der Waals surface area contributed by atoms with Gasteiger partial charge in [0, 0.05) is 0 Å². The fraction of sp³-hybridized carbons (Fsp3) is 0. The number of fused-ring (bicyclic) bond motifs is 3. The van der Waals surface area contributed by atoms with Crippen molar-refractivity contribution in [3.8, 4) is 22.3 Å². The maximum atomic E-state index is 9.07. The van der Waals surface area contributed by atoms with Gasteiger partial charge in [-0.2, -0.15) is 0 Å². The molecule has 0 aromatic heterocycles. The molecule has 6 aromatic rings. The van der Waals surface area contributed by atoms with E-state index < -0.39 is 175 Å². The number of benzene rings is 6. The van der Waals surface area contributed by atoms with E-state index in [2.05, 4.69) is 0 Å². The van der Waals surface area contributed by atoms with Gasteiger partial charge in [0.1, 0.15) is 0 Å². The summed E-state index contributed by atoms with van der Waals surface area (Å²) in [5.74, 6) is 0. The second kappa shape index (κ2) is 6.86. The van der Waals surface area contributed by atoms with Crippen LogP contribution in [0, 0.1) is 0 Å². The molecule has 0 aliphatic rings. The molecule has 0 heterocycles. The smallest absolute Gasteiger partial charge is 0.0622 e. The lowest BCUT2D eigenvalue weighted by Crippen LogP contribution is -1.91. The van der Waals surface area contributed by atoms with Crippen LogP contribution in [0.1, 0.15) is 27.4 Å². The van der Waals surface area contributed by atoms with E-state index >= 15 is 0 Å². The summed E-state index contributed by atoms with van der Waals surface area (Å²) in [7, 11) is 0. The summed E-state index contributed by atoms with van der Waals surface area (Å²) in [6, 6.07) is -16.9. The van der Waals surface area contributed by atoms with Gasteiger partial charge in [-0.25, -0.2) is 0 Å². The second-order valence-electron chi connectivity index (χ2n) is 6.25. The van der Waals surface area contributed by atoms with Gasteiger partial charge < -0.3 is 0 Å². The Morgan fingerprint density at radius 1 is 0.367 bits per heavy atom. The molecule has 140 valence electrons. The predicted molar refractivity (Wildman–Crippen MR) is 130 cm³/mol. The van der Waals surface area contributed by atoms with Crippen molar-refractivity contribution in [2.75, 3.05) is 0 Å². The van der Waals surface area contributed by atoms with Crippen molar-refractivity contribution >= 4 is 32.3 Å². The van der Waals surface area contributed by atoms with Crippen molar-refractivity contribution in [2.45, 2.75) is 0 Å².